The summed E-state index contributed by atoms with van der Waals surface area (Å²) in [6.07, 6.45) is -2.84. The monoisotopic (exact) mass is 444 g/mol. The van der Waals surface area contributed by atoms with Gasteiger partial charge in [0.25, 0.3) is 6.20 Å². The molecule has 0 spiro atoms. The number of nitrogens with zero attached hydrogens (tertiary/aromatic N) is 4. The van der Waals surface area contributed by atoms with E-state index in [9.17, 15) is 22.8 Å². The summed E-state index contributed by atoms with van der Waals surface area (Å²) in [6.45, 7) is 3.35. The molecule has 12 heteroatoms. The van der Waals surface area contributed by atoms with Crippen LogP contribution < -0.4 is 15.1 Å². The summed E-state index contributed by atoms with van der Waals surface area (Å²) in [5.74, 6) is 0.0144. The lowest BCUT2D eigenvalue weighted by Crippen LogP contribution is -2.64. The van der Waals surface area contributed by atoms with Gasteiger partial charge in [0, 0.05) is 30.8 Å². The van der Waals surface area contributed by atoms with Crippen LogP contribution in [0.1, 0.15) is 22.3 Å². The molecule has 1 aromatic heterocycles. The van der Waals surface area contributed by atoms with Crippen molar-refractivity contribution in [3.8, 4) is 0 Å². The van der Waals surface area contributed by atoms with E-state index in [1.165, 1.54) is 0 Å². The molecule has 1 aliphatic heterocycles. The number of alkyl halides is 3. The third kappa shape index (κ3) is 5.95. The Morgan fingerprint density at radius 3 is 2.50 bits per heavy atom. The van der Waals surface area contributed by atoms with Crippen LogP contribution in [0.5, 0.6) is 0 Å². The smallest absolute Gasteiger partial charge is 0.302 e. The maximum atomic E-state index is 12.6. The third-order valence-corrected chi connectivity index (χ3v) is 5.40. The van der Waals surface area contributed by atoms with Crippen LogP contribution in [0, 0.1) is 0 Å². The van der Waals surface area contributed by atoms with E-state index in [2.05, 4.69) is 15.5 Å². The van der Waals surface area contributed by atoms with Crippen molar-refractivity contribution in [2.75, 3.05) is 49.3 Å². The lowest BCUT2D eigenvalue weighted by Gasteiger charge is -2.26. The summed E-state index contributed by atoms with van der Waals surface area (Å²) in [5, 5.41) is 8.04. The molecule has 0 unspecified atom stereocenters. The fourth-order valence-electron chi connectivity index (χ4n) is 2.74. The van der Waals surface area contributed by atoms with Crippen LogP contribution >= 0.6 is 11.8 Å². The van der Waals surface area contributed by atoms with E-state index in [1.807, 2.05) is 12.1 Å². The average molecular weight is 444 g/mol. The summed E-state index contributed by atoms with van der Waals surface area (Å²) < 4.78 is 42.8. The number of nitrogens with one attached hydrogen (secondary N) is 1. The van der Waals surface area contributed by atoms with E-state index in [4.69, 9.17) is 4.52 Å². The minimum absolute atomic E-state index is 0.0340. The zero-order valence-electron chi connectivity index (χ0n) is 16.2. The number of hydrogen-bond acceptors (Lipinski definition) is 7. The van der Waals surface area contributed by atoms with Gasteiger partial charge in [-0.25, -0.2) is 0 Å². The molecule has 162 valence electrons. The molecule has 0 atom stereocenters. The molecule has 30 heavy (non-hydrogen) atoms. The van der Waals surface area contributed by atoms with Crippen LogP contribution in [0.4, 0.5) is 19.1 Å². The Kier molecular flexibility index (Phi) is 6.98. The van der Waals surface area contributed by atoms with Gasteiger partial charge in [0.15, 0.2) is 0 Å². The first-order valence-corrected chi connectivity index (χ1v) is 10.2. The van der Waals surface area contributed by atoms with Crippen LogP contribution in [-0.4, -0.2) is 60.2 Å². The maximum Gasteiger partial charge on any atom is 0.416 e. The van der Waals surface area contributed by atoms with Gasteiger partial charge in [0.1, 0.15) is 0 Å². The number of carbonyl (C=O) groups excluding carboxylic acids is 2. The number of aromatic nitrogens is 2. The number of rotatable bonds is 6. The van der Waals surface area contributed by atoms with Crippen molar-refractivity contribution in [3.63, 3.8) is 0 Å². The van der Waals surface area contributed by atoms with Crippen molar-refractivity contribution in [1.82, 2.24) is 10.2 Å². The Hall–Kier alpha value is -2.60. The second-order valence-corrected chi connectivity index (χ2v) is 7.82. The van der Waals surface area contributed by atoms with E-state index in [-0.39, 0.29) is 29.5 Å². The van der Waals surface area contributed by atoms with Gasteiger partial charge in [-0.3, -0.25) is 19.4 Å². The van der Waals surface area contributed by atoms with Crippen molar-refractivity contribution in [2.45, 2.75) is 12.6 Å². The summed E-state index contributed by atoms with van der Waals surface area (Å²) in [5.41, 5.74) is -0.666. The first-order valence-electron chi connectivity index (χ1n) is 9.19. The highest BCUT2D eigenvalue weighted by Gasteiger charge is 2.30. The summed E-state index contributed by atoms with van der Waals surface area (Å²) in [7, 11) is 2.04. The van der Waals surface area contributed by atoms with Gasteiger partial charge in [0.2, 0.25) is 16.3 Å². The standard InChI is InChI=1S/C18H20F3N5O3S/c1-24-7-9-25(10-8-24)26-12-16(29-23-26)22-15(27)6-11-30-17(28)13-2-4-14(5-3-13)18(19,20)21/h2-5,12H,6-11H2,1H3/p+1. The largest absolute Gasteiger partial charge is 0.416 e. The van der Waals surface area contributed by atoms with Crippen molar-refractivity contribution >= 4 is 28.7 Å². The fourth-order valence-corrected chi connectivity index (χ4v) is 3.52. The molecule has 1 aliphatic rings. The second-order valence-electron chi connectivity index (χ2n) is 6.75. The van der Waals surface area contributed by atoms with Crippen molar-refractivity contribution in [3.05, 3.63) is 41.6 Å². The molecule has 2 heterocycles. The Morgan fingerprint density at radius 2 is 1.87 bits per heavy atom. The lowest BCUT2D eigenvalue weighted by atomic mass is 10.1. The molecule has 0 radical (unpaired) electrons. The molecule has 0 bridgehead atoms. The predicted molar refractivity (Wildman–Crippen MR) is 104 cm³/mol. The van der Waals surface area contributed by atoms with Gasteiger partial charge in [-0.1, -0.05) is 11.8 Å². The van der Waals surface area contributed by atoms with Gasteiger partial charge in [-0.15, -0.1) is 0 Å². The van der Waals surface area contributed by atoms with Gasteiger partial charge < -0.3 is 4.90 Å². The number of anilines is 1. The quantitative estimate of drug-likeness (QED) is 0.680. The van der Waals surface area contributed by atoms with Crippen LogP contribution in [-0.2, 0) is 11.0 Å². The summed E-state index contributed by atoms with van der Waals surface area (Å²) >= 11 is 0.865. The molecule has 1 saturated heterocycles. The zero-order valence-corrected chi connectivity index (χ0v) is 17.0. The number of benzene rings is 1. The van der Waals surface area contributed by atoms with E-state index >= 15 is 0 Å². The molecule has 3 rings (SSSR count). The first-order chi connectivity index (χ1) is 14.2. The third-order valence-electron chi connectivity index (χ3n) is 4.50. The molecule has 1 N–H and O–H groups in total. The molecule has 0 saturated carbocycles. The predicted octanol–water partition coefficient (Wildman–Crippen LogP) is 1.77. The number of thioether (sulfide) groups is 1. The number of piperazine rings is 1. The molecule has 1 fully saturated rings. The Labute approximate surface area is 174 Å². The lowest BCUT2D eigenvalue weighted by molar-refractivity contribution is -0.759. The molecule has 1 aromatic carbocycles. The topological polar surface area (TPSA) is 82.6 Å². The number of amides is 1. The second kappa shape index (κ2) is 9.47. The van der Waals surface area contributed by atoms with E-state index < -0.39 is 16.9 Å². The van der Waals surface area contributed by atoms with Crippen LogP contribution in [0.3, 0.4) is 0 Å². The Bertz CT molecular complexity index is 880. The Balaban J connectivity index is 1.42. The minimum atomic E-state index is -4.45. The SMILES string of the molecule is CN1CCN([n+]2cc(NC(=O)CCSC(=O)c3ccc(C(F)(F)F)cc3)on2)CC1. The van der Waals surface area contributed by atoms with Crippen molar-refractivity contribution < 1.29 is 32.1 Å². The number of halogens is 3. The highest BCUT2D eigenvalue weighted by atomic mass is 32.2. The molecule has 0 aliphatic carbocycles. The van der Waals surface area contributed by atoms with Gasteiger partial charge in [-0.05, 0) is 31.3 Å². The van der Waals surface area contributed by atoms with E-state index in [0.717, 1.165) is 62.2 Å². The summed E-state index contributed by atoms with van der Waals surface area (Å²) in [6, 6.07) is 3.98. The molecular formula is C18H21F3N5O3S+. The van der Waals surface area contributed by atoms with Gasteiger partial charge in [0.05, 0.1) is 23.4 Å². The van der Waals surface area contributed by atoms with Crippen LogP contribution in [0.2, 0.25) is 0 Å². The molecule has 2 aromatic rings. The molecule has 1 amide bonds. The van der Waals surface area contributed by atoms with Gasteiger partial charge in [-0.2, -0.15) is 18.2 Å². The number of hydrogen-bond donors (Lipinski definition) is 1. The van der Waals surface area contributed by atoms with Crippen molar-refractivity contribution in [2.24, 2.45) is 0 Å². The molecule has 8 nitrogen and oxygen atoms in total. The summed E-state index contributed by atoms with van der Waals surface area (Å²) in [4.78, 5) is 27.8. The van der Waals surface area contributed by atoms with Crippen LogP contribution in [0.15, 0.2) is 35.0 Å². The minimum Gasteiger partial charge on any atom is -0.302 e. The first kappa shape index (κ1) is 22.1. The highest BCUT2D eigenvalue weighted by molar-refractivity contribution is 8.14. The highest BCUT2D eigenvalue weighted by Crippen LogP contribution is 2.29. The number of likely N-dealkylation sites (N-methyl/N-ethyl adjacent to an activating group) is 1. The maximum absolute atomic E-state index is 12.6. The average Bonchev–Trinajstić information content (AvgIpc) is 3.16. The number of carbonyl (C=O) groups is 2. The van der Waals surface area contributed by atoms with Gasteiger partial charge >= 0.3 is 12.1 Å². The Morgan fingerprint density at radius 1 is 1.20 bits per heavy atom. The van der Waals surface area contributed by atoms with Crippen molar-refractivity contribution in [1.29, 1.82) is 0 Å². The molecular weight excluding hydrogens is 423 g/mol. The van der Waals surface area contributed by atoms with E-state index in [1.54, 1.807) is 11.0 Å². The normalized spacial score (nSPS) is 15.3. The fraction of sp³-hybridized carbons (Fsp3) is 0.444. The van der Waals surface area contributed by atoms with E-state index in [0.29, 0.717) is 0 Å². The zero-order chi connectivity index (χ0) is 21.7. The van der Waals surface area contributed by atoms with Crippen LogP contribution in [0.25, 0.3) is 0 Å².